The number of H-pyrrole nitrogens is 1. The van der Waals surface area contributed by atoms with Crippen LogP contribution < -0.4 is 5.32 Å². The molecule has 0 aliphatic rings. The standard InChI is InChI=1S/C21H17FN4O/c1-12-10-15(6-8-18(12)22)20-17-7-9-19(24-21(17)26-25-20)14-4-3-5-16(11-14)23-13(2)27/h3-11H,1-2H3,(H,23,27)(H,24,25,26). The quantitative estimate of drug-likeness (QED) is 0.556. The number of hydrogen-bond acceptors (Lipinski definition) is 3. The molecule has 134 valence electrons. The van der Waals surface area contributed by atoms with Crippen molar-refractivity contribution in [1.29, 1.82) is 0 Å². The molecule has 4 aromatic rings. The summed E-state index contributed by atoms with van der Waals surface area (Å²) >= 11 is 0. The first-order chi connectivity index (χ1) is 13.0. The third kappa shape index (κ3) is 3.29. The van der Waals surface area contributed by atoms with Crippen molar-refractivity contribution in [2.75, 3.05) is 5.32 Å². The van der Waals surface area contributed by atoms with Gasteiger partial charge in [-0.1, -0.05) is 12.1 Å². The molecule has 2 aromatic carbocycles. The van der Waals surface area contributed by atoms with Crippen molar-refractivity contribution < 1.29 is 9.18 Å². The zero-order valence-electron chi connectivity index (χ0n) is 14.9. The van der Waals surface area contributed by atoms with Crippen LogP contribution in [0.25, 0.3) is 33.5 Å². The number of pyridine rings is 1. The topological polar surface area (TPSA) is 70.7 Å². The molecule has 6 heteroatoms. The van der Waals surface area contributed by atoms with Gasteiger partial charge in [0.05, 0.1) is 11.4 Å². The number of aromatic nitrogens is 3. The second kappa shape index (κ2) is 6.64. The van der Waals surface area contributed by atoms with Crippen LogP contribution in [0.15, 0.2) is 54.6 Å². The number of carbonyl (C=O) groups is 1. The Bertz CT molecular complexity index is 1170. The molecule has 0 saturated heterocycles. The van der Waals surface area contributed by atoms with E-state index in [4.69, 9.17) is 0 Å². The second-order valence-electron chi connectivity index (χ2n) is 6.39. The van der Waals surface area contributed by atoms with Gasteiger partial charge in [-0.05, 0) is 55.0 Å². The van der Waals surface area contributed by atoms with E-state index in [1.165, 1.54) is 13.0 Å². The fourth-order valence-electron chi connectivity index (χ4n) is 3.04. The van der Waals surface area contributed by atoms with Gasteiger partial charge < -0.3 is 5.32 Å². The van der Waals surface area contributed by atoms with Crippen LogP contribution in [0.2, 0.25) is 0 Å². The minimum absolute atomic E-state index is 0.123. The number of amides is 1. The van der Waals surface area contributed by atoms with E-state index in [9.17, 15) is 9.18 Å². The summed E-state index contributed by atoms with van der Waals surface area (Å²) in [6.45, 7) is 3.20. The van der Waals surface area contributed by atoms with Crippen molar-refractivity contribution in [2.24, 2.45) is 0 Å². The molecule has 5 nitrogen and oxygen atoms in total. The normalized spacial score (nSPS) is 10.9. The average molecular weight is 360 g/mol. The van der Waals surface area contributed by atoms with Crippen molar-refractivity contribution in [2.45, 2.75) is 13.8 Å². The third-order valence-corrected chi connectivity index (χ3v) is 4.34. The Hall–Kier alpha value is -3.54. The van der Waals surface area contributed by atoms with Crippen LogP contribution in [0.3, 0.4) is 0 Å². The highest BCUT2D eigenvalue weighted by Gasteiger charge is 2.12. The lowest BCUT2D eigenvalue weighted by molar-refractivity contribution is -0.114. The number of benzene rings is 2. The number of nitrogens with zero attached hydrogens (tertiary/aromatic N) is 2. The van der Waals surface area contributed by atoms with E-state index >= 15 is 0 Å². The van der Waals surface area contributed by atoms with Crippen LogP contribution >= 0.6 is 0 Å². The van der Waals surface area contributed by atoms with E-state index in [2.05, 4.69) is 20.5 Å². The number of rotatable bonds is 3. The molecule has 0 spiro atoms. The van der Waals surface area contributed by atoms with Crippen molar-refractivity contribution in [1.82, 2.24) is 15.2 Å². The molecule has 0 radical (unpaired) electrons. The van der Waals surface area contributed by atoms with Crippen LogP contribution in [-0.4, -0.2) is 21.1 Å². The largest absolute Gasteiger partial charge is 0.326 e. The van der Waals surface area contributed by atoms with Gasteiger partial charge in [-0.15, -0.1) is 0 Å². The number of halogens is 1. The Labute approximate surface area is 155 Å². The second-order valence-corrected chi connectivity index (χ2v) is 6.39. The fourth-order valence-corrected chi connectivity index (χ4v) is 3.04. The van der Waals surface area contributed by atoms with Gasteiger partial charge in [-0.25, -0.2) is 9.37 Å². The summed E-state index contributed by atoms with van der Waals surface area (Å²) in [5.74, 6) is -0.357. The maximum Gasteiger partial charge on any atom is 0.221 e. The monoisotopic (exact) mass is 360 g/mol. The zero-order valence-corrected chi connectivity index (χ0v) is 14.9. The van der Waals surface area contributed by atoms with Gasteiger partial charge in [0, 0.05) is 29.1 Å². The lowest BCUT2D eigenvalue weighted by atomic mass is 10.1. The molecular formula is C21H17FN4O. The molecular weight excluding hydrogens is 343 g/mol. The number of fused-ring (bicyclic) bond motifs is 1. The van der Waals surface area contributed by atoms with Crippen LogP contribution in [0.1, 0.15) is 12.5 Å². The minimum Gasteiger partial charge on any atom is -0.326 e. The number of nitrogens with one attached hydrogen (secondary N) is 2. The summed E-state index contributed by atoms with van der Waals surface area (Å²) in [4.78, 5) is 15.9. The van der Waals surface area contributed by atoms with Gasteiger partial charge in [-0.2, -0.15) is 5.10 Å². The summed E-state index contributed by atoms with van der Waals surface area (Å²) in [7, 11) is 0. The lowest BCUT2D eigenvalue weighted by Crippen LogP contribution is -2.05. The highest BCUT2D eigenvalue weighted by atomic mass is 19.1. The summed E-state index contributed by atoms with van der Waals surface area (Å²) in [5.41, 5.74) is 5.17. The van der Waals surface area contributed by atoms with Gasteiger partial charge >= 0.3 is 0 Å². The molecule has 0 aliphatic carbocycles. The Balaban J connectivity index is 1.74. The highest BCUT2D eigenvalue weighted by Crippen LogP contribution is 2.29. The molecule has 0 bridgehead atoms. The van der Waals surface area contributed by atoms with Gasteiger partial charge in [0.1, 0.15) is 5.82 Å². The zero-order chi connectivity index (χ0) is 19.0. The number of aromatic amines is 1. The van der Waals surface area contributed by atoms with Gasteiger partial charge in [0.25, 0.3) is 0 Å². The smallest absolute Gasteiger partial charge is 0.221 e. The molecule has 4 rings (SSSR count). The van der Waals surface area contributed by atoms with Crippen LogP contribution in [0.4, 0.5) is 10.1 Å². The van der Waals surface area contributed by atoms with E-state index in [1.54, 1.807) is 19.1 Å². The minimum atomic E-state index is -0.234. The fraction of sp³-hybridized carbons (Fsp3) is 0.0952. The molecule has 2 heterocycles. The van der Waals surface area contributed by atoms with E-state index in [-0.39, 0.29) is 11.7 Å². The maximum atomic E-state index is 13.5. The number of anilines is 1. The summed E-state index contributed by atoms with van der Waals surface area (Å²) in [5, 5.41) is 10.9. The van der Waals surface area contributed by atoms with E-state index in [1.807, 2.05) is 36.4 Å². The maximum absolute atomic E-state index is 13.5. The Morgan fingerprint density at radius 3 is 2.70 bits per heavy atom. The molecule has 0 fully saturated rings. The average Bonchev–Trinajstić information content (AvgIpc) is 3.07. The molecule has 0 atom stereocenters. The van der Waals surface area contributed by atoms with Crippen molar-refractivity contribution in [3.63, 3.8) is 0 Å². The molecule has 2 aromatic heterocycles. The summed E-state index contributed by atoms with van der Waals surface area (Å²) in [6.07, 6.45) is 0. The number of hydrogen-bond donors (Lipinski definition) is 2. The first-order valence-electron chi connectivity index (χ1n) is 8.51. The third-order valence-electron chi connectivity index (χ3n) is 4.34. The van der Waals surface area contributed by atoms with Crippen molar-refractivity contribution >= 4 is 22.6 Å². The highest BCUT2D eigenvalue weighted by molar-refractivity contribution is 5.92. The predicted molar refractivity (Wildman–Crippen MR) is 104 cm³/mol. The lowest BCUT2D eigenvalue weighted by Gasteiger charge is -2.06. The SMILES string of the molecule is CC(=O)Nc1cccc(-c2ccc3c(-c4ccc(F)c(C)c4)[nH]nc3n2)c1. The molecule has 0 saturated carbocycles. The Morgan fingerprint density at radius 1 is 1.07 bits per heavy atom. The van der Waals surface area contributed by atoms with Crippen LogP contribution in [-0.2, 0) is 4.79 Å². The molecule has 2 N–H and O–H groups in total. The predicted octanol–water partition coefficient (Wildman–Crippen LogP) is 4.70. The van der Waals surface area contributed by atoms with Crippen molar-refractivity contribution in [3.8, 4) is 22.5 Å². The first kappa shape index (κ1) is 16.9. The van der Waals surface area contributed by atoms with Gasteiger partial charge in [-0.3, -0.25) is 9.89 Å². The summed E-state index contributed by atoms with van der Waals surface area (Å²) < 4.78 is 13.5. The van der Waals surface area contributed by atoms with E-state index < -0.39 is 0 Å². The van der Waals surface area contributed by atoms with Crippen LogP contribution in [0.5, 0.6) is 0 Å². The van der Waals surface area contributed by atoms with Crippen molar-refractivity contribution in [3.05, 3.63) is 66.0 Å². The molecule has 27 heavy (non-hydrogen) atoms. The van der Waals surface area contributed by atoms with E-state index in [0.717, 1.165) is 27.9 Å². The van der Waals surface area contributed by atoms with E-state index in [0.29, 0.717) is 16.9 Å². The molecule has 1 amide bonds. The Kier molecular flexibility index (Phi) is 4.16. The van der Waals surface area contributed by atoms with Gasteiger partial charge in [0.2, 0.25) is 5.91 Å². The number of carbonyl (C=O) groups excluding carboxylic acids is 1. The molecule has 0 unspecified atom stereocenters. The molecule has 0 aliphatic heterocycles. The Morgan fingerprint density at radius 2 is 1.93 bits per heavy atom. The summed E-state index contributed by atoms with van der Waals surface area (Å²) in [6, 6.07) is 16.3. The van der Waals surface area contributed by atoms with Gasteiger partial charge in [0.15, 0.2) is 5.65 Å². The first-order valence-corrected chi connectivity index (χ1v) is 8.51. The number of aryl methyl sites for hydroxylation is 1. The van der Waals surface area contributed by atoms with Crippen LogP contribution in [0, 0.1) is 12.7 Å².